The predicted molar refractivity (Wildman–Crippen MR) is 59.0 cm³/mol. The van der Waals surface area contributed by atoms with Gasteiger partial charge in [0, 0.05) is 5.92 Å². The SMILES string of the molecule is CSc1nc2ncc(C3CC3)nc2s1. The molecule has 1 saturated carbocycles. The third kappa shape index (κ3) is 1.40. The van der Waals surface area contributed by atoms with Gasteiger partial charge in [0.25, 0.3) is 0 Å². The van der Waals surface area contributed by atoms with Crippen molar-refractivity contribution < 1.29 is 0 Å². The Morgan fingerprint density at radius 2 is 2.29 bits per heavy atom. The lowest BCUT2D eigenvalue weighted by atomic mass is 10.3. The van der Waals surface area contributed by atoms with Gasteiger partial charge < -0.3 is 0 Å². The summed E-state index contributed by atoms with van der Waals surface area (Å²) in [4.78, 5) is 14.3. The molecule has 0 N–H and O–H groups in total. The van der Waals surface area contributed by atoms with Crippen LogP contribution < -0.4 is 0 Å². The Morgan fingerprint density at radius 3 is 3.00 bits per heavy atom. The third-order valence-corrected chi connectivity index (χ3v) is 4.22. The normalized spacial score (nSPS) is 16.4. The van der Waals surface area contributed by atoms with Gasteiger partial charge >= 0.3 is 0 Å². The zero-order valence-corrected chi connectivity index (χ0v) is 9.36. The summed E-state index contributed by atoms with van der Waals surface area (Å²) in [7, 11) is 0. The first-order chi connectivity index (χ1) is 6.86. The van der Waals surface area contributed by atoms with Crippen LogP contribution in [0.1, 0.15) is 24.5 Å². The largest absolute Gasteiger partial charge is 0.237 e. The first kappa shape index (κ1) is 8.61. The van der Waals surface area contributed by atoms with Gasteiger partial charge in [-0.2, -0.15) is 0 Å². The minimum absolute atomic E-state index is 0.673. The molecule has 0 unspecified atom stereocenters. The van der Waals surface area contributed by atoms with Crippen LogP contribution in [0.2, 0.25) is 0 Å². The van der Waals surface area contributed by atoms with Crippen LogP contribution in [0.25, 0.3) is 10.5 Å². The lowest BCUT2D eigenvalue weighted by molar-refractivity contribution is 1.02. The Kier molecular flexibility index (Phi) is 1.95. The highest BCUT2D eigenvalue weighted by molar-refractivity contribution is 8.00. The van der Waals surface area contributed by atoms with E-state index in [9.17, 15) is 0 Å². The molecule has 3 nitrogen and oxygen atoms in total. The topological polar surface area (TPSA) is 38.7 Å². The Morgan fingerprint density at radius 1 is 1.43 bits per heavy atom. The smallest absolute Gasteiger partial charge is 0.190 e. The molecule has 5 heteroatoms. The van der Waals surface area contributed by atoms with Gasteiger partial charge in [-0.05, 0) is 19.1 Å². The van der Waals surface area contributed by atoms with Gasteiger partial charge in [-0.1, -0.05) is 23.1 Å². The number of thiazole rings is 1. The maximum atomic E-state index is 4.59. The summed E-state index contributed by atoms with van der Waals surface area (Å²) < 4.78 is 1.05. The highest BCUT2D eigenvalue weighted by Gasteiger charge is 2.25. The van der Waals surface area contributed by atoms with E-state index in [1.54, 1.807) is 23.1 Å². The van der Waals surface area contributed by atoms with Crippen molar-refractivity contribution in [3.05, 3.63) is 11.9 Å². The van der Waals surface area contributed by atoms with Gasteiger partial charge in [0.1, 0.15) is 0 Å². The van der Waals surface area contributed by atoms with Gasteiger partial charge in [0.2, 0.25) is 0 Å². The van der Waals surface area contributed by atoms with E-state index < -0.39 is 0 Å². The molecule has 72 valence electrons. The van der Waals surface area contributed by atoms with Crippen LogP contribution in [-0.2, 0) is 0 Å². The lowest BCUT2D eigenvalue weighted by Gasteiger charge is -1.93. The zero-order valence-electron chi connectivity index (χ0n) is 7.73. The summed E-state index contributed by atoms with van der Waals surface area (Å²) in [6.45, 7) is 0. The van der Waals surface area contributed by atoms with E-state index in [4.69, 9.17) is 0 Å². The summed E-state index contributed by atoms with van der Waals surface area (Å²) >= 11 is 3.29. The molecule has 1 aliphatic rings. The average molecular weight is 223 g/mol. The number of nitrogens with zero attached hydrogens (tertiary/aromatic N) is 3. The van der Waals surface area contributed by atoms with Crippen molar-refractivity contribution in [1.82, 2.24) is 15.0 Å². The maximum absolute atomic E-state index is 4.59. The Hall–Kier alpha value is -0.680. The molecule has 2 aromatic rings. The molecule has 14 heavy (non-hydrogen) atoms. The van der Waals surface area contributed by atoms with Crippen molar-refractivity contribution in [2.75, 3.05) is 6.26 Å². The second kappa shape index (κ2) is 3.17. The zero-order chi connectivity index (χ0) is 9.54. The van der Waals surface area contributed by atoms with Gasteiger partial charge in [-0.15, -0.1) is 0 Å². The van der Waals surface area contributed by atoms with Gasteiger partial charge in [0.05, 0.1) is 11.9 Å². The van der Waals surface area contributed by atoms with E-state index in [0.717, 1.165) is 20.5 Å². The van der Waals surface area contributed by atoms with Gasteiger partial charge in [-0.25, -0.2) is 15.0 Å². The quantitative estimate of drug-likeness (QED) is 0.734. The van der Waals surface area contributed by atoms with Crippen LogP contribution in [0.4, 0.5) is 0 Å². The minimum Gasteiger partial charge on any atom is -0.237 e. The van der Waals surface area contributed by atoms with Gasteiger partial charge in [0.15, 0.2) is 14.8 Å². The summed E-state index contributed by atoms with van der Waals surface area (Å²) in [5, 5.41) is 0. The van der Waals surface area contributed by atoms with Crippen molar-refractivity contribution in [2.24, 2.45) is 0 Å². The molecule has 2 aromatic heterocycles. The number of fused-ring (bicyclic) bond motifs is 1. The van der Waals surface area contributed by atoms with E-state index in [-0.39, 0.29) is 0 Å². The molecule has 0 aromatic carbocycles. The van der Waals surface area contributed by atoms with E-state index in [1.807, 2.05) is 12.5 Å². The van der Waals surface area contributed by atoms with Crippen molar-refractivity contribution in [1.29, 1.82) is 0 Å². The molecule has 0 spiro atoms. The van der Waals surface area contributed by atoms with Crippen LogP contribution in [-0.4, -0.2) is 21.2 Å². The van der Waals surface area contributed by atoms with Crippen LogP contribution in [0.3, 0.4) is 0 Å². The molecule has 0 atom stereocenters. The Balaban J connectivity index is 2.12. The van der Waals surface area contributed by atoms with Gasteiger partial charge in [-0.3, -0.25) is 0 Å². The van der Waals surface area contributed by atoms with Crippen LogP contribution in [0.5, 0.6) is 0 Å². The summed E-state index contributed by atoms with van der Waals surface area (Å²) in [6, 6.07) is 0. The minimum atomic E-state index is 0.673. The number of hydrogen-bond acceptors (Lipinski definition) is 5. The van der Waals surface area contributed by atoms with Crippen LogP contribution in [0, 0.1) is 0 Å². The Bertz CT molecular complexity index is 476. The van der Waals surface area contributed by atoms with Crippen LogP contribution in [0.15, 0.2) is 10.5 Å². The molecule has 0 aliphatic heterocycles. The van der Waals surface area contributed by atoms with E-state index in [1.165, 1.54) is 12.8 Å². The summed E-state index contributed by atoms with van der Waals surface area (Å²) in [6.07, 6.45) is 6.45. The fourth-order valence-electron chi connectivity index (χ4n) is 1.38. The lowest BCUT2D eigenvalue weighted by Crippen LogP contribution is -1.87. The van der Waals surface area contributed by atoms with Crippen molar-refractivity contribution in [3.63, 3.8) is 0 Å². The predicted octanol–water partition coefficient (Wildman–Crippen LogP) is 2.69. The molecule has 3 rings (SSSR count). The Labute approximate surface area is 90.0 Å². The molecule has 0 bridgehead atoms. The number of hydrogen-bond donors (Lipinski definition) is 0. The van der Waals surface area contributed by atoms with Crippen molar-refractivity contribution >= 4 is 33.6 Å². The fraction of sp³-hybridized carbons (Fsp3) is 0.444. The molecule has 2 heterocycles. The van der Waals surface area contributed by atoms with Crippen molar-refractivity contribution in [2.45, 2.75) is 23.1 Å². The summed E-state index contributed by atoms with van der Waals surface area (Å²) in [5.74, 6) is 0.673. The molecular weight excluding hydrogens is 214 g/mol. The maximum Gasteiger partial charge on any atom is 0.190 e. The molecule has 0 amide bonds. The van der Waals surface area contributed by atoms with E-state index in [0.29, 0.717) is 5.92 Å². The fourth-order valence-corrected chi connectivity index (χ4v) is 2.76. The van der Waals surface area contributed by atoms with Crippen LogP contribution >= 0.6 is 23.1 Å². The molecular formula is C9H9N3S2. The van der Waals surface area contributed by atoms with E-state index in [2.05, 4.69) is 15.0 Å². The second-order valence-electron chi connectivity index (χ2n) is 3.38. The summed E-state index contributed by atoms with van der Waals surface area (Å²) in [5.41, 5.74) is 1.94. The molecule has 0 saturated heterocycles. The highest BCUT2D eigenvalue weighted by Crippen LogP contribution is 2.39. The number of thioether (sulfide) groups is 1. The molecule has 1 fully saturated rings. The first-order valence-corrected chi connectivity index (χ1v) is 6.58. The number of aromatic nitrogens is 3. The van der Waals surface area contributed by atoms with Crippen molar-refractivity contribution in [3.8, 4) is 0 Å². The number of rotatable bonds is 2. The van der Waals surface area contributed by atoms with E-state index >= 15 is 0 Å². The standard InChI is InChI=1S/C9H9N3S2/c1-13-9-12-7-8(14-9)11-6(4-10-7)5-2-3-5/h4-5H,2-3H2,1H3. The first-order valence-electron chi connectivity index (χ1n) is 4.54. The third-order valence-electron chi connectivity index (χ3n) is 2.29. The molecule has 1 aliphatic carbocycles. The monoisotopic (exact) mass is 223 g/mol. The average Bonchev–Trinajstić information content (AvgIpc) is 2.97. The molecule has 0 radical (unpaired) electrons. The highest BCUT2D eigenvalue weighted by atomic mass is 32.2. The second-order valence-corrected chi connectivity index (χ2v) is 5.41.